The first kappa shape index (κ1) is 13.2. The van der Waals surface area contributed by atoms with Gasteiger partial charge in [0.15, 0.2) is 0 Å². The van der Waals surface area contributed by atoms with Crippen molar-refractivity contribution in [1.29, 1.82) is 0 Å². The molecule has 0 saturated heterocycles. The van der Waals surface area contributed by atoms with Crippen LogP contribution < -0.4 is 10.6 Å². The predicted molar refractivity (Wildman–Crippen MR) is 73.8 cm³/mol. The minimum atomic E-state index is 0.737. The fraction of sp³-hybridized carbons (Fsp3) is 0.538. The SMILES string of the molecule is Clc1cccc(Cl)c1CNCCCNC1CC1. The zero-order valence-electron chi connectivity index (χ0n) is 9.81. The van der Waals surface area contributed by atoms with Crippen LogP contribution in [0.3, 0.4) is 0 Å². The van der Waals surface area contributed by atoms with Crippen LogP contribution in [0.4, 0.5) is 0 Å². The van der Waals surface area contributed by atoms with Crippen molar-refractivity contribution in [1.82, 2.24) is 10.6 Å². The summed E-state index contributed by atoms with van der Waals surface area (Å²) in [5.74, 6) is 0. The lowest BCUT2D eigenvalue weighted by molar-refractivity contribution is 0.593. The third kappa shape index (κ3) is 4.47. The zero-order chi connectivity index (χ0) is 12.1. The van der Waals surface area contributed by atoms with E-state index in [1.165, 1.54) is 12.8 Å². The molecule has 0 unspecified atom stereocenters. The van der Waals surface area contributed by atoms with Crippen molar-refractivity contribution in [2.24, 2.45) is 0 Å². The lowest BCUT2D eigenvalue weighted by Crippen LogP contribution is -2.23. The summed E-state index contributed by atoms with van der Waals surface area (Å²) in [7, 11) is 0. The third-order valence-electron chi connectivity index (χ3n) is 2.90. The van der Waals surface area contributed by atoms with Crippen LogP contribution in [-0.2, 0) is 6.54 Å². The van der Waals surface area contributed by atoms with Crippen LogP contribution in [0, 0.1) is 0 Å². The topological polar surface area (TPSA) is 24.1 Å². The Morgan fingerprint density at radius 3 is 2.47 bits per heavy atom. The first-order chi connectivity index (χ1) is 8.27. The van der Waals surface area contributed by atoms with Gasteiger partial charge in [-0.2, -0.15) is 0 Å². The second-order valence-corrected chi connectivity index (χ2v) is 5.27. The summed E-state index contributed by atoms with van der Waals surface area (Å²) < 4.78 is 0. The Morgan fingerprint density at radius 1 is 1.12 bits per heavy atom. The van der Waals surface area contributed by atoms with E-state index in [1.54, 1.807) is 0 Å². The Morgan fingerprint density at radius 2 is 1.82 bits per heavy atom. The molecule has 2 nitrogen and oxygen atoms in total. The van der Waals surface area contributed by atoms with Crippen molar-refractivity contribution in [2.75, 3.05) is 13.1 Å². The summed E-state index contributed by atoms with van der Waals surface area (Å²) in [5.41, 5.74) is 0.992. The molecule has 2 rings (SSSR count). The molecule has 0 aliphatic heterocycles. The van der Waals surface area contributed by atoms with E-state index in [-0.39, 0.29) is 0 Å². The van der Waals surface area contributed by atoms with Crippen LogP contribution in [-0.4, -0.2) is 19.1 Å². The fourth-order valence-corrected chi connectivity index (χ4v) is 2.25. The van der Waals surface area contributed by atoms with Crippen LogP contribution in [0.25, 0.3) is 0 Å². The molecule has 0 aromatic heterocycles. The molecule has 1 fully saturated rings. The molecule has 0 amide bonds. The number of halogens is 2. The Kier molecular flexibility index (Phi) is 5.11. The van der Waals surface area contributed by atoms with Gasteiger partial charge in [-0.1, -0.05) is 29.3 Å². The molecule has 2 N–H and O–H groups in total. The molecule has 17 heavy (non-hydrogen) atoms. The smallest absolute Gasteiger partial charge is 0.0465 e. The van der Waals surface area contributed by atoms with Gasteiger partial charge in [-0.05, 0) is 44.5 Å². The standard InChI is InChI=1S/C13H18Cl2N2/c14-12-3-1-4-13(15)11(12)9-16-7-2-8-17-10-5-6-10/h1,3-4,10,16-17H,2,5-9H2. The largest absolute Gasteiger partial charge is 0.314 e. The highest BCUT2D eigenvalue weighted by Crippen LogP contribution is 2.23. The molecular weight excluding hydrogens is 255 g/mol. The second kappa shape index (κ2) is 6.60. The summed E-state index contributed by atoms with van der Waals surface area (Å²) >= 11 is 12.2. The zero-order valence-corrected chi connectivity index (χ0v) is 11.3. The van der Waals surface area contributed by atoms with Crippen molar-refractivity contribution < 1.29 is 0 Å². The third-order valence-corrected chi connectivity index (χ3v) is 3.61. The molecule has 94 valence electrons. The molecule has 1 aliphatic carbocycles. The molecule has 1 aromatic rings. The van der Waals surface area contributed by atoms with Crippen molar-refractivity contribution in [2.45, 2.75) is 31.8 Å². The lowest BCUT2D eigenvalue weighted by Gasteiger charge is -2.08. The maximum atomic E-state index is 6.08. The molecule has 0 spiro atoms. The number of rotatable bonds is 7. The maximum Gasteiger partial charge on any atom is 0.0465 e. The van der Waals surface area contributed by atoms with E-state index in [1.807, 2.05) is 18.2 Å². The normalized spacial score (nSPS) is 15.2. The summed E-state index contributed by atoms with van der Waals surface area (Å²) in [4.78, 5) is 0. The van der Waals surface area contributed by atoms with E-state index in [9.17, 15) is 0 Å². The maximum absolute atomic E-state index is 6.08. The molecule has 0 bridgehead atoms. The van der Waals surface area contributed by atoms with E-state index in [2.05, 4.69) is 10.6 Å². The predicted octanol–water partition coefficient (Wildman–Crippen LogP) is 3.23. The van der Waals surface area contributed by atoms with Gasteiger partial charge in [0, 0.05) is 28.2 Å². The van der Waals surface area contributed by atoms with Gasteiger partial charge < -0.3 is 10.6 Å². The molecule has 4 heteroatoms. The Labute approximate surface area is 113 Å². The van der Waals surface area contributed by atoms with Gasteiger partial charge in [0.1, 0.15) is 0 Å². The summed E-state index contributed by atoms with van der Waals surface area (Å²) in [6.45, 7) is 2.82. The number of hydrogen-bond donors (Lipinski definition) is 2. The average molecular weight is 273 g/mol. The van der Waals surface area contributed by atoms with Crippen LogP contribution in [0.15, 0.2) is 18.2 Å². The van der Waals surface area contributed by atoms with Gasteiger partial charge in [0.05, 0.1) is 0 Å². The summed E-state index contributed by atoms with van der Waals surface area (Å²) in [6.07, 6.45) is 3.84. The highest BCUT2D eigenvalue weighted by atomic mass is 35.5. The number of benzene rings is 1. The molecule has 1 aliphatic rings. The minimum absolute atomic E-state index is 0.737. The van der Waals surface area contributed by atoms with Crippen molar-refractivity contribution in [3.63, 3.8) is 0 Å². The summed E-state index contributed by atoms with van der Waals surface area (Å²) in [5, 5.41) is 8.33. The van der Waals surface area contributed by atoms with Crippen molar-refractivity contribution >= 4 is 23.2 Å². The first-order valence-corrected chi connectivity index (χ1v) is 6.90. The van der Waals surface area contributed by atoms with Gasteiger partial charge in [-0.3, -0.25) is 0 Å². The van der Waals surface area contributed by atoms with Gasteiger partial charge in [-0.25, -0.2) is 0 Å². The van der Waals surface area contributed by atoms with E-state index < -0.39 is 0 Å². The lowest BCUT2D eigenvalue weighted by atomic mass is 10.2. The van der Waals surface area contributed by atoms with Crippen LogP contribution in [0.2, 0.25) is 10.0 Å². The van der Waals surface area contributed by atoms with E-state index in [0.29, 0.717) is 0 Å². The number of nitrogens with one attached hydrogen (secondary N) is 2. The molecule has 1 saturated carbocycles. The quantitative estimate of drug-likeness (QED) is 0.745. The van der Waals surface area contributed by atoms with E-state index in [0.717, 1.165) is 47.7 Å². The fourth-order valence-electron chi connectivity index (χ4n) is 1.72. The Balaban J connectivity index is 1.63. The van der Waals surface area contributed by atoms with Gasteiger partial charge >= 0.3 is 0 Å². The monoisotopic (exact) mass is 272 g/mol. The Hall–Kier alpha value is -0.280. The van der Waals surface area contributed by atoms with E-state index >= 15 is 0 Å². The van der Waals surface area contributed by atoms with Gasteiger partial charge in [0.25, 0.3) is 0 Å². The number of hydrogen-bond acceptors (Lipinski definition) is 2. The van der Waals surface area contributed by atoms with Crippen LogP contribution >= 0.6 is 23.2 Å². The highest BCUT2D eigenvalue weighted by Gasteiger charge is 2.19. The van der Waals surface area contributed by atoms with Gasteiger partial charge in [0.2, 0.25) is 0 Å². The molecule has 1 aromatic carbocycles. The minimum Gasteiger partial charge on any atom is -0.314 e. The van der Waals surface area contributed by atoms with E-state index in [4.69, 9.17) is 23.2 Å². The first-order valence-electron chi connectivity index (χ1n) is 6.14. The van der Waals surface area contributed by atoms with Crippen molar-refractivity contribution in [3.8, 4) is 0 Å². The molecular formula is C13H18Cl2N2. The van der Waals surface area contributed by atoms with Crippen molar-refractivity contribution in [3.05, 3.63) is 33.8 Å². The average Bonchev–Trinajstić information content (AvgIpc) is 3.10. The van der Waals surface area contributed by atoms with Crippen LogP contribution in [0.5, 0.6) is 0 Å². The molecule has 0 heterocycles. The summed E-state index contributed by atoms with van der Waals surface area (Å²) in [6, 6.07) is 6.42. The molecule has 0 radical (unpaired) electrons. The second-order valence-electron chi connectivity index (χ2n) is 4.46. The molecule has 0 atom stereocenters. The van der Waals surface area contributed by atoms with Crippen LogP contribution in [0.1, 0.15) is 24.8 Å². The van der Waals surface area contributed by atoms with Gasteiger partial charge in [-0.15, -0.1) is 0 Å². The highest BCUT2D eigenvalue weighted by molar-refractivity contribution is 6.35. The Bertz CT molecular complexity index is 344.